The average molecular weight is 190 g/mol. The van der Waals surface area contributed by atoms with Gasteiger partial charge in [0.25, 0.3) is 0 Å². The average Bonchev–Trinajstić information content (AvgIpc) is 2.10. The Balaban J connectivity index is 3.62. The summed E-state index contributed by atoms with van der Waals surface area (Å²) in [6.45, 7) is 0.344. The van der Waals surface area contributed by atoms with Crippen LogP contribution in [0.2, 0.25) is 0 Å². The van der Waals surface area contributed by atoms with E-state index in [-0.39, 0.29) is 26.0 Å². The van der Waals surface area contributed by atoms with Gasteiger partial charge in [0.2, 0.25) is 0 Å². The molecule has 1 atom stereocenters. The fraction of sp³-hybridized carbons (Fsp3) is 0.714. The summed E-state index contributed by atoms with van der Waals surface area (Å²) >= 11 is 0. The highest BCUT2D eigenvalue weighted by molar-refractivity contribution is 5.76. The van der Waals surface area contributed by atoms with Gasteiger partial charge in [0.15, 0.2) is 0 Å². The van der Waals surface area contributed by atoms with Crippen LogP contribution in [0.1, 0.15) is 12.8 Å². The van der Waals surface area contributed by atoms with E-state index in [9.17, 15) is 9.59 Å². The van der Waals surface area contributed by atoms with Crippen LogP contribution in [0.15, 0.2) is 0 Å². The third-order valence-electron chi connectivity index (χ3n) is 1.33. The molecule has 0 aromatic carbocycles. The molecule has 0 saturated carbocycles. The first kappa shape index (κ1) is 11.9. The highest BCUT2D eigenvalue weighted by Crippen LogP contribution is 1.96. The predicted molar refractivity (Wildman–Crippen MR) is 44.9 cm³/mol. The van der Waals surface area contributed by atoms with Crippen molar-refractivity contribution >= 4 is 11.9 Å². The van der Waals surface area contributed by atoms with E-state index in [2.05, 4.69) is 4.74 Å². The van der Waals surface area contributed by atoms with Crippen molar-refractivity contribution in [1.29, 1.82) is 0 Å². The molecule has 0 radical (unpaired) electrons. The van der Waals surface area contributed by atoms with Crippen LogP contribution >= 0.6 is 0 Å². The van der Waals surface area contributed by atoms with E-state index < -0.39 is 18.0 Å². The first-order valence-electron chi connectivity index (χ1n) is 3.92. The van der Waals surface area contributed by atoms with Gasteiger partial charge in [-0.25, -0.2) is 0 Å². The van der Waals surface area contributed by atoms with Crippen LogP contribution in [0.25, 0.3) is 0 Å². The molecule has 0 bridgehead atoms. The topological polar surface area (TPSA) is 116 Å². The Bertz CT molecular complexity index is 183. The summed E-state index contributed by atoms with van der Waals surface area (Å²) in [5, 5.41) is 8.29. The van der Waals surface area contributed by atoms with Crippen LogP contribution in [0.5, 0.6) is 0 Å². The summed E-state index contributed by atoms with van der Waals surface area (Å²) in [6, 6.07) is -0.873. The highest BCUT2D eigenvalue weighted by atomic mass is 16.5. The zero-order chi connectivity index (χ0) is 10.3. The van der Waals surface area contributed by atoms with Crippen LogP contribution in [-0.4, -0.2) is 36.2 Å². The SMILES string of the molecule is NCCOC(=O)[C@@H](N)CCC(=O)O. The van der Waals surface area contributed by atoms with Gasteiger partial charge in [-0.1, -0.05) is 0 Å². The summed E-state index contributed by atoms with van der Waals surface area (Å²) in [7, 11) is 0. The van der Waals surface area contributed by atoms with Gasteiger partial charge in [0.05, 0.1) is 0 Å². The number of ether oxygens (including phenoxy) is 1. The first-order chi connectivity index (χ1) is 6.07. The zero-order valence-corrected chi connectivity index (χ0v) is 7.23. The van der Waals surface area contributed by atoms with E-state index in [0.717, 1.165) is 0 Å². The summed E-state index contributed by atoms with van der Waals surface area (Å²) < 4.78 is 4.60. The van der Waals surface area contributed by atoms with E-state index in [0.29, 0.717) is 0 Å². The van der Waals surface area contributed by atoms with Crippen LogP contribution in [0, 0.1) is 0 Å². The van der Waals surface area contributed by atoms with Crippen molar-refractivity contribution in [3.8, 4) is 0 Å². The van der Waals surface area contributed by atoms with Gasteiger partial charge in [-0.05, 0) is 6.42 Å². The molecule has 0 rings (SSSR count). The number of aliphatic carboxylic acids is 1. The van der Waals surface area contributed by atoms with Gasteiger partial charge in [-0.3, -0.25) is 9.59 Å². The van der Waals surface area contributed by atoms with Crippen LogP contribution in [-0.2, 0) is 14.3 Å². The Morgan fingerprint density at radius 1 is 1.46 bits per heavy atom. The number of carboxylic acid groups (broad SMARTS) is 1. The number of hydrogen-bond acceptors (Lipinski definition) is 5. The minimum atomic E-state index is -0.984. The maximum atomic E-state index is 10.9. The Labute approximate surface area is 75.8 Å². The third-order valence-corrected chi connectivity index (χ3v) is 1.33. The smallest absolute Gasteiger partial charge is 0.322 e. The molecular formula is C7H14N2O4. The molecule has 0 fully saturated rings. The number of hydrogen-bond donors (Lipinski definition) is 3. The molecule has 0 spiro atoms. The second-order valence-electron chi connectivity index (χ2n) is 2.50. The number of carbonyl (C=O) groups is 2. The monoisotopic (exact) mass is 190 g/mol. The molecule has 0 aliphatic heterocycles. The Morgan fingerprint density at radius 2 is 2.08 bits per heavy atom. The lowest BCUT2D eigenvalue weighted by molar-refractivity contribution is -0.145. The maximum absolute atomic E-state index is 10.9. The van der Waals surface area contributed by atoms with Crippen molar-refractivity contribution in [3.05, 3.63) is 0 Å². The van der Waals surface area contributed by atoms with Crippen molar-refractivity contribution in [3.63, 3.8) is 0 Å². The van der Waals surface area contributed by atoms with Crippen molar-refractivity contribution < 1.29 is 19.4 Å². The van der Waals surface area contributed by atoms with Crippen LogP contribution in [0.3, 0.4) is 0 Å². The summed E-state index contributed by atoms with van der Waals surface area (Å²) in [6.07, 6.45) is -0.0579. The van der Waals surface area contributed by atoms with Gasteiger partial charge >= 0.3 is 11.9 Å². The van der Waals surface area contributed by atoms with E-state index in [1.165, 1.54) is 0 Å². The van der Waals surface area contributed by atoms with Crippen molar-refractivity contribution in [2.45, 2.75) is 18.9 Å². The standard InChI is InChI=1S/C7H14N2O4/c8-3-4-13-7(12)5(9)1-2-6(10)11/h5H,1-4,8-9H2,(H,10,11)/t5-/m0/s1. The lowest BCUT2D eigenvalue weighted by atomic mass is 10.2. The molecule has 0 aliphatic rings. The Kier molecular flexibility index (Phi) is 5.82. The predicted octanol–water partition coefficient (Wildman–Crippen LogP) is -1.32. The maximum Gasteiger partial charge on any atom is 0.322 e. The lowest BCUT2D eigenvalue weighted by Gasteiger charge is -2.08. The molecular weight excluding hydrogens is 176 g/mol. The van der Waals surface area contributed by atoms with Crippen LogP contribution < -0.4 is 11.5 Å². The van der Waals surface area contributed by atoms with Gasteiger partial charge < -0.3 is 21.3 Å². The van der Waals surface area contributed by atoms with Gasteiger partial charge in [-0.2, -0.15) is 0 Å². The zero-order valence-electron chi connectivity index (χ0n) is 7.23. The summed E-state index contributed by atoms with van der Waals surface area (Å²) in [4.78, 5) is 21.0. The molecule has 6 heteroatoms. The lowest BCUT2D eigenvalue weighted by Crippen LogP contribution is -2.33. The molecule has 13 heavy (non-hydrogen) atoms. The minimum Gasteiger partial charge on any atom is -0.481 e. The van der Waals surface area contributed by atoms with Crippen molar-refractivity contribution in [2.75, 3.05) is 13.2 Å². The number of carbonyl (C=O) groups excluding carboxylic acids is 1. The Morgan fingerprint density at radius 3 is 2.54 bits per heavy atom. The Hall–Kier alpha value is -1.14. The molecule has 0 amide bonds. The summed E-state index contributed by atoms with van der Waals surface area (Å²) in [5.41, 5.74) is 10.4. The molecule has 0 aliphatic carbocycles. The van der Waals surface area contributed by atoms with E-state index >= 15 is 0 Å². The van der Waals surface area contributed by atoms with Crippen molar-refractivity contribution in [2.24, 2.45) is 11.5 Å². The summed E-state index contributed by atoms with van der Waals surface area (Å²) in [5.74, 6) is -1.59. The number of carboxylic acids is 1. The second-order valence-corrected chi connectivity index (χ2v) is 2.50. The molecule has 0 heterocycles. The van der Waals surface area contributed by atoms with E-state index in [1.807, 2.05) is 0 Å². The number of rotatable bonds is 6. The van der Waals surface area contributed by atoms with Crippen molar-refractivity contribution in [1.82, 2.24) is 0 Å². The number of esters is 1. The molecule has 0 saturated heterocycles. The fourth-order valence-electron chi connectivity index (χ4n) is 0.663. The van der Waals surface area contributed by atoms with E-state index in [4.69, 9.17) is 16.6 Å². The molecule has 0 aromatic rings. The van der Waals surface area contributed by atoms with E-state index in [1.54, 1.807) is 0 Å². The molecule has 0 aromatic heterocycles. The van der Waals surface area contributed by atoms with Gasteiger partial charge in [0, 0.05) is 13.0 Å². The first-order valence-corrected chi connectivity index (χ1v) is 3.92. The number of nitrogens with two attached hydrogens (primary N) is 2. The van der Waals surface area contributed by atoms with Gasteiger partial charge in [0.1, 0.15) is 12.6 Å². The highest BCUT2D eigenvalue weighted by Gasteiger charge is 2.15. The second kappa shape index (κ2) is 6.38. The molecule has 76 valence electrons. The molecule has 5 N–H and O–H groups in total. The largest absolute Gasteiger partial charge is 0.481 e. The molecule has 6 nitrogen and oxygen atoms in total. The van der Waals surface area contributed by atoms with Crippen LogP contribution in [0.4, 0.5) is 0 Å². The normalized spacial score (nSPS) is 12.2. The molecule has 0 unspecified atom stereocenters. The fourth-order valence-corrected chi connectivity index (χ4v) is 0.663. The quantitative estimate of drug-likeness (QED) is 0.447. The minimum absolute atomic E-state index is 0.0821. The third kappa shape index (κ3) is 6.06. The van der Waals surface area contributed by atoms with Gasteiger partial charge in [-0.15, -0.1) is 0 Å².